The molecule has 1 heterocycles. The normalized spacial score (nSPS) is 12.2. The number of pyridine rings is 1. The average molecular weight is 283 g/mol. The van der Waals surface area contributed by atoms with Crippen molar-refractivity contribution in [3.63, 3.8) is 0 Å². The third kappa shape index (κ3) is 3.13. The van der Waals surface area contributed by atoms with E-state index in [0.717, 1.165) is 5.56 Å². The maximum atomic E-state index is 5.91. The van der Waals surface area contributed by atoms with E-state index in [9.17, 15) is 0 Å². The lowest BCUT2D eigenvalue weighted by molar-refractivity contribution is 0.452. The van der Waals surface area contributed by atoms with E-state index in [1.54, 1.807) is 24.4 Å². The SMILES string of the molecule is C[C@@H](N)c1cccnc1Oc1cc(Cl)cc(Cl)c1. The van der Waals surface area contributed by atoms with Crippen LogP contribution in [0.1, 0.15) is 18.5 Å². The monoisotopic (exact) mass is 282 g/mol. The molecule has 0 saturated carbocycles. The molecule has 0 unspecified atom stereocenters. The highest BCUT2D eigenvalue weighted by atomic mass is 35.5. The van der Waals surface area contributed by atoms with Gasteiger partial charge in [-0.25, -0.2) is 4.98 Å². The van der Waals surface area contributed by atoms with Gasteiger partial charge in [0.15, 0.2) is 0 Å². The van der Waals surface area contributed by atoms with Gasteiger partial charge in [0.1, 0.15) is 5.75 Å². The molecule has 1 atom stereocenters. The molecule has 0 spiro atoms. The van der Waals surface area contributed by atoms with Gasteiger partial charge in [0.2, 0.25) is 5.88 Å². The first kappa shape index (κ1) is 13.1. The minimum absolute atomic E-state index is 0.164. The summed E-state index contributed by atoms with van der Waals surface area (Å²) >= 11 is 11.8. The number of rotatable bonds is 3. The molecule has 0 amide bonds. The van der Waals surface area contributed by atoms with Gasteiger partial charge in [-0.05, 0) is 31.2 Å². The van der Waals surface area contributed by atoms with Crippen molar-refractivity contribution in [1.29, 1.82) is 0 Å². The van der Waals surface area contributed by atoms with Crippen molar-refractivity contribution >= 4 is 23.2 Å². The molecule has 2 aromatic rings. The lowest BCUT2D eigenvalue weighted by atomic mass is 10.1. The van der Waals surface area contributed by atoms with E-state index in [0.29, 0.717) is 21.7 Å². The van der Waals surface area contributed by atoms with Crippen molar-refractivity contribution in [3.05, 3.63) is 52.1 Å². The zero-order chi connectivity index (χ0) is 13.1. The molecule has 2 N–H and O–H groups in total. The van der Waals surface area contributed by atoms with Gasteiger partial charge in [0, 0.05) is 27.8 Å². The van der Waals surface area contributed by atoms with Crippen molar-refractivity contribution in [2.24, 2.45) is 5.73 Å². The van der Waals surface area contributed by atoms with Gasteiger partial charge >= 0.3 is 0 Å². The zero-order valence-corrected chi connectivity index (χ0v) is 11.2. The number of halogens is 2. The summed E-state index contributed by atoms with van der Waals surface area (Å²) in [5.74, 6) is 0.999. The Morgan fingerprint density at radius 1 is 1.22 bits per heavy atom. The van der Waals surface area contributed by atoms with Gasteiger partial charge in [-0.3, -0.25) is 0 Å². The maximum absolute atomic E-state index is 5.91. The highest BCUT2D eigenvalue weighted by Crippen LogP contribution is 2.30. The van der Waals surface area contributed by atoms with Gasteiger partial charge in [-0.1, -0.05) is 29.3 Å². The molecule has 0 aliphatic heterocycles. The standard InChI is InChI=1S/C13H12Cl2N2O/c1-8(16)12-3-2-4-17-13(12)18-11-6-9(14)5-10(15)7-11/h2-8H,16H2,1H3/t8-/m1/s1. The van der Waals surface area contributed by atoms with Crippen LogP contribution in [0, 0.1) is 0 Å². The number of aromatic nitrogens is 1. The molecule has 1 aromatic carbocycles. The van der Waals surface area contributed by atoms with Gasteiger partial charge in [-0.15, -0.1) is 0 Å². The molecule has 94 valence electrons. The molecule has 0 saturated heterocycles. The van der Waals surface area contributed by atoms with E-state index < -0.39 is 0 Å². The van der Waals surface area contributed by atoms with Crippen LogP contribution in [0.15, 0.2) is 36.5 Å². The lowest BCUT2D eigenvalue weighted by Gasteiger charge is -2.12. The number of benzene rings is 1. The van der Waals surface area contributed by atoms with Crippen molar-refractivity contribution < 1.29 is 4.74 Å². The van der Waals surface area contributed by atoms with Crippen LogP contribution in [0.4, 0.5) is 0 Å². The lowest BCUT2D eigenvalue weighted by Crippen LogP contribution is -2.07. The molecule has 0 bridgehead atoms. The number of hydrogen-bond donors (Lipinski definition) is 1. The number of nitrogens with two attached hydrogens (primary N) is 1. The Morgan fingerprint density at radius 3 is 2.50 bits per heavy atom. The summed E-state index contributed by atoms with van der Waals surface area (Å²) < 4.78 is 5.67. The second kappa shape index (κ2) is 5.57. The molecule has 0 aliphatic carbocycles. The molecular formula is C13H12Cl2N2O. The van der Waals surface area contributed by atoms with Gasteiger partial charge in [0.25, 0.3) is 0 Å². The minimum atomic E-state index is -0.164. The van der Waals surface area contributed by atoms with Crippen LogP contribution in [0.2, 0.25) is 10.0 Å². The summed E-state index contributed by atoms with van der Waals surface area (Å²) in [5, 5.41) is 1.02. The summed E-state index contributed by atoms with van der Waals surface area (Å²) in [4.78, 5) is 4.17. The third-order valence-electron chi connectivity index (χ3n) is 2.34. The Balaban J connectivity index is 2.34. The van der Waals surface area contributed by atoms with E-state index in [-0.39, 0.29) is 6.04 Å². The van der Waals surface area contributed by atoms with Crippen molar-refractivity contribution in [2.75, 3.05) is 0 Å². The fourth-order valence-electron chi connectivity index (χ4n) is 1.53. The molecule has 5 heteroatoms. The van der Waals surface area contributed by atoms with Gasteiger partial charge in [-0.2, -0.15) is 0 Å². The van der Waals surface area contributed by atoms with Crippen LogP contribution in [-0.4, -0.2) is 4.98 Å². The fourth-order valence-corrected chi connectivity index (χ4v) is 2.04. The average Bonchev–Trinajstić information content (AvgIpc) is 2.27. The first-order chi connectivity index (χ1) is 8.56. The molecule has 0 fully saturated rings. The highest BCUT2D eigenvalue weighted by Gasteiger charge is 2.10. The van der Waals surface area contributed by atoms with E-state index in [1.807, 2.05) is 19.1 Å². The summed E-state index contributed by atoms with van der Waals surface area (Å²) in [5.41, 5.74) is 6.68. The first-order valence-electron chi connectivity index (χ1n) is 5.40. The van der Waals surface area contributed by atoms with Crippen LogP contribution < -0.4 is 10.5 Å². The quantitative estimate of drug-likeness (QED) is 0.918. The zero-order valence-electron chi connectivity index (χ0n) is 9.73. The minimum Gasteiger partial charge on any atom is -0.439 e. The van der Waals surface area contributed by atoms with E-state index >= 15 is 0 Å². The van der Waals surface area contributed by atoms with Crippen molar-refractivity contribution in [3.8, 4) is 11.6 Å². The molecule has 2 rings (SSSR count). The number of nitrogens with zero attached hydrogens (tertiary/aromatic N) is 1. The Bertz CT molecular complexity index is 538. The largest absolute Gasteiger partial charge is 0.439 e. The predicted molar refractivity (Wildman–Crippen MR) is 73.4 cm³/mol. The smallest absolute Gasteiger partial charge is 0.223 e. The van der Waals surface area contributed by atoms with Gasteiger partial charge in [0.05, 0.1) is 0 Å². The summed E-state index contributed by atoms with van der Waals surface area (Å²) in [6.45, 7) is 1.87. The Labute approximate surface area is 115 Å². The molecule has 0 radical (unpaired) electrons. The topological polar surface area (TPSA) is 48.1 Å². The fraction of sp³-hybridized carbons (Fsp3) is 0.154. The molecule has 0 aliphatic rings. The van der Waals surface area contributed by atoms with E-state index in [2.05, 4.69) is 4.98 Å². The Hall–Kier alpha value is -1.29. The van der Waals surface area contributed by atoms with Crippen LogP contribution >= 0.6 is 23.2 Å². The molecule has 3 nitrogen and oxygen atoms in total. The first-order valence-corrected chi connectivity index (χ1v) is 6.16. The Kier molecular flexibility index (Phi) is 4.07. The Morgan fingerprint density at radius 2 is 1.89 bits per heavy atom. The molecule has 18 heavy (non-hydrogen) atoms. The predicted octanol–water partition coefficient (Wildman–Crippen LogP) is 4.20. The van der Waals surface area contributed by atoms with Crippen molar-refractivity contribution in [2.45, 2.75) is 13.0 Å². The summed E-state index contributed by atoms with van der Waals surface area (Å²) in [7, 11) is 0. The van der Waals surface area contributed by atoms with Gasteiger partial charge < -0.3 is 10.5 Å². The van der Waals surface area contributed by atoms with Crippen LogP contribution in [0.3, 0.4) is 0 Å². The molecule has 1 aromatic heterocycles. The van der Waals surface area contributed by atoms with E-state index in [4.69, 9.17) is 33.7 Å². The number of hydrogen-bond acceptors (Lipinski definition) is 3. The second-order valence-corrected chi connectivity index (χ2v) is 4.77. The van der Waals surface area contributed by atoms with Crippen LogP contribution in [0.5, 0.6) is 11.6 Å². The maximum Gasteiger partial charge on any atom is 0.223 e. The highest BCUT2D eigenvalue weighted by molar-refractivity contribution is 6.34. The number of ether oxygens (including phenoxy) is 1. The van der Waals surface area contributed by atoms with Crippen LogP contribution in [0.25, 0.3) is 0 Å². The summed E-state index contributed by atoms with van der Waals surface area (Å²) in [6, 6.07) is 8.51. The molecular weight excluding hydrogens is 271 g/mol. The third-order valence-corrected chi connectivity index (χ3v) is 2.78. The van der Waals surface area contributed by atoms with Crippen molar-refractivity contribution in [1.82, 2.24) is 4.98 Å². The van der Waals surface area contributed by atoms with E-state index in [1.165, 1.54) is 0 Å². The summed E-state index contributed by atoms with van der Waals surface area (Å²) in [6.07, 6.45) is 1.65. The van der Waals surface area contributed by atoms with Crippen LogP contribution in [-0.2, 0) is 0 Å². The second-order valence-electron chi connectivity index (χ2n) is 3.89.